The quantitative estimate of drug-likeness (QED) is 0.733. The number of rotatable bonds is 6. The number of aromatic nitrogens is 3. The average molecular weight is 340 g/mol. The molecule has 3 rings (SSSR count). The van der Waals surface area contributed by atoms with Crippen LogP contribution < -0.4 is 14.8 Å². The largest absolute Gasteiger partial charge is 0.497 e. The zero-order valence-corrected chi connectivity index (χ0v) is 13.7. The topological polar surface area (TPSA) is 99.4 Å². The van der Waals surface area contributed by atoms with Crippen molar-refractivity contribution in [3.05, 3.63) is 54.2 Å². The first-order valence-corrected chi connectivity index (χ1v) is 7.44. The first kappa shape index (κ1) is 16.4. The summed E-state index contributed by atoms with van der Waals surface area (Å²) in [5, 5.41) is 6.61. The lowest BCUT2D eigenvalue weighted by Crippen LogP contribution is -2.23. The molecule has 0 radical (unpaired) electrons. The maximum Gasteiger partial charge on any atom is 0.255 e. The van der Waals surface area contributed by atoms with Crippen molar-refractivity contribution >= 4 is 5.91 Å². The van der Waals surface area contributed by atoms with Gasteiger partial charge >= 0.3 is 0 Å². The minimum atomic E-state index is -0.317. The van der Waals surface area contributed by atoms with E-state index in [9.17, 15) is 4.79 Å². The summed E-state index contributed by atoms with van der Waals surface area (Å²) < 4.78 is 15.5. The number of ether oxygens (including phenoxy) is 2. The molecule has 128 valence electrons. The third-order valence-corrected chi connectivity index (χ3v) is 3.46. The SMILES string of the molecule is COc1ccc(C(=O)NCc2nc(-c3ccncc3)no2)c(OC)c1. The highest BCUT2D eigenvalue weighted by atomic mass is 16.5. The molecule has 0 aliphatic heterocycles. The van der Waals surface area contributed by atoms with Gasteiger partial charge in [0.25, 0.3) is 5.91 Å². The summed E-state index contributed by atoms with van der Waals surface area (Å²) in [6.07, 6.45) is 3.28. The van der Waals surface area contributed by atoms with Gasteiger partial charge in [0, 0.05) is 24.0 Å². The molecule has 2 aromatic heterocycles. The van der Waals surface area contributed by atoms with E-state index in [0.29, 0.717) is 28.8 Å². The van der Waals surface area contributed by atoms with E-state index in [2.05, 4.69) is 20.4 Å². The number of hydrogen-bond acceptors (Lipinski definition) is 7. The van der Waals surface area contributed by atoms with Crippen molar-refractivity contribution in [1.82, 2.24) is 20.4 Å². The summed E-state index contributed by atoms with van der Waals surface area (Å²) in [7, 11) is 3.04. The van der Waals surface area contributed by atoms with Crippen LogP contribution in [-0.4, -0.2) is 35.3 Å². The maximum atomic E-state index is 12.3. The van der Waals surface area contributed by atoms with E-state index in [0.717, 1.165) is 5.56 Å². The monoisotopic (exact) mass is 340 g/mol. The molecule has 1 N–H and O–H groups in total. The molecule has 0 bridgehead atoms. The zero-order chi connectivity index (χ0) is 17.6. The van der Waals surface area contributed by atoms with Crippen molar-refractivity contribution in [2.45, 2.75) is 6.54 Å². The molecule has 1 amide bonds. The van der Waals surface area contributed by atoms with E-state index in [-0.39, 0.29) is 12.5 Å². The van der Waals surface area contributed by atoms with Crippen LogP contribution in [0, 0.1) is 0 Å². The predicted molar refractivity (Wildman–Crippen MR) is 88.2 cm³/mol. The van der Waals surface area contributed by atoms with Crippen molar-refractivity contribution in [1.29, 1.82) is 0 Å². The third-order valence-electron chi connectivity index (χ3n) is 3.46. The summed E-state index contributed by atoms with van der Waals surface area (Å²) >= 11 is 0. The molecule has 0 spiro atoms. The molecule has 8 heteroatoms. The van der Waals surface area contributed by atoms with Gasteiger partial charge in [-0.05, 0) is 24.3 Å². The minimum absolute atomic E-state index is 0.103. The van der Waals surface area contributed by atoms with Crippen LogP contribution in [0.4, 0.5) is 0 Å². The van der Waals surface area contributed by atoms with Crippen LogP contribution in [0.5, 0.6) is 11.5 Å². The Kier molecular flexibility index (Phi) is 4.89. The molecule has 0 aliphatic rings. The van der Waals surface area contributed by atoms with Crippen molar-refractivity contribution in [3.63, 3.8) is 0 Å². The van der Waals surface area contributed by atoms with Gasteiger partial charge in [0.15, 0.2) is 0 Å². The van der Waals surface area contributed by atoms with Gasteiger partial charge in [-0.2, -0.15) is 4.98 Å². The van der Waals surface area contributed by atoms with Crippen molar-refractivity contribution in [2.75, 3.05) is 14.2 Å². The summed E-state index contributed by atoms with van der Waals surface area (Å²) in [5.41, 5.74) is 1.17. The fourth-order valence-corrected chi connectivity index (χ4v) is 2.18. The molecule has 25 heavy (non-hydrogen) atoms. The number of nitrogens with zero attached hydrogens (tertiary/aromatic N) is 3. The Morgan fingerprint density at radius 3 is 2.68 bits per heavy atom. The molecule has 0 aliphatic carbocycles. The Hall–Kier alpha value is -3.42. The molecule has 0 saturated carbocycles. The van der Waals surface area contributed by atoms with Gasteiger partial charge in [-0.3, -0.25) is 9.78 Å². The lowest BCUT2D eigenvalue weighted by Gasteiger charge is -2.09. The Balaban J connectivity index is 1.68. The number of benzene rings is 1. The number of nitrogens with one attached hydrogen (secondary N) is 1. The Bertz CT molecular complexity index is 864. The van der Waals surface area contributed by atoms with E-state index >= 15 is 0 Å². The number of hydrogen-bond donors (Lipinski definition) is 1. The van der Waals surface area contributed by atoms with Crippen LogP contribution in [0.2, 0.25) is 0 Å². The molecule has 3 aromatic rings. The number of carbonyl (C=O) groups is 1. The van der Waals surface area contributed by atoms with Crippen LogP contribution in [0.25, 0.3) is 11.4 Å². The molecule has 1 aromatic carbocycles. The highest BCUT2D eigenvalue weighted by molar-refractivity contribution is 5.97. The lowest BCUT2D eigenvalue weighted by atomic mass is 10.1. The van der Waals surface area contributed by atoms with Crippen LogP contribution >= 0.6 is 0 Å². The lowest BCUT2D eigenvalue weighted by molar-refractivity contribution is 0.0943. The zero-order valence-electron chi connectivity index (χ0n) is 13.7. The molecule has 8 nitrogen and oxygen atoms in total. The molecule has 2 heterocycles. The standard InChI is InChI=1S/C17H16N4O4/c1-23-12-3-4-13(14(9-12)24-2)17(22)19-10-15-20-16(21-25-15)11-5-7-18-8-6-11/h3-9H,10H2,1-2H3,(H,19,22). The average Bonchev–Trinajstić information content (AvgIpc) is 3.15. The van der Waals surface area contributed by atoms with Crippen LogP contribution in [-0.2, 0) is 6.54 Å². The smallest absolute Gasteiger partial charge is 0.255 e. The maximum absolute atomic E-state index is 12.3. The van der Waals surface area contributed by atoms with Gasteiger partial charge in [-0.1, -0.05) is 5.16 Å². The first-order valence-electron chi connectivity index (χ1n) is 7.44. The Morgan fingerprint density at radius 2 is 1.96 bits per heavy atom. The van der Waals surface area contributed by atoms with E-state index in [1.165, 1.54) is 7.11 Å². The second-order valence-electron chi connectivity index (χ2n) is 5.00. The van der Waals surface area contributed by atoms with E-state index < -0.39 is 0 Å². The molecule has 0 atom stereocenters. The van der Waals surface area contributed by atoms with Gasteiger partial charge in [0.2, 0.25) is 11.7 Å². The fraction of sp³-hybridized carbons (Fsp3) is 0.176. The van der Waals surface area contributed by atoms with Crippen LogP contribution in [0.3, 0.4) is 0 Å². The predicted octanol–water partition coefficient (Wildman–Crippen LogP) is 2.08. The number of pyridine rings is 1. The van der Waals surface area contributed by atoms with Gasteiger partial charge in [-0.25, -0.2) is 0 Å². The molecule has 0 fully saturated rings. The third kappa shape index (κ3) is 3.74. The van der Waals surface area contributed by atoms with Gasteiger partial charge in [0.05, 0.1) is 26.3 Å². The number of carbonyl (C=O) groups excluding carboxylic acids is 1. The number of methoxy groups -OCH3 is 2. The second-order valence-corrected chi connectivity index (χ2v) is 5.00. The van der Waals surface area contributed by atoms with Crippen LogP contribution in [0.15, 0.2) is 47.2 Å². The van der Waals surface area contributed by atoms with Crippen LogP contribution in [0.1, 0.15) is 16.2 Å². The highest BCUT2D eigenvalue weighted by Gasteiger charge is 2.15. The fourth-order valence-electron chi connectivity index (χ4n) is 2.18. The second kappa shape index (κ2) is 7.43. The Labute approximate surface area is 143 Å². The number of amides is 1. The summed E-state index contributed by atoms with van der Waals surface area (Å²) in [6, 6.07) is 8.50. The summed E-state index contributed by atoms with van der Waals surface area (Å²) in [6.45, 7) is 0.103. The van der Waals surface area contributed by atoms with E-state index in [1.807, 2.05) is 0 Å². The van der Waals surface area contributed by atoms with E-state index in [1.54, 1.807) is 49.8 Å². The normalized spacial score (nSPS) is 10.3. The summed E-state index contributed by atoms with van der Waals surface area (Å²) in [5.74, 6) is 1.44. The molecular weight excluding hydrogens is 324 g/mol. The van der Waals surface area contributed by atoms with Crippen molar-refractivity contribution < 1.29 is 18.8 Å². The van der Waals surface area contributed by atoms with Gasteiger partial charge < -0.3 is 19.3 Å². The van der Waals surface area contributed by atoms with Crippen molar-refractivity contribution in [3.8, 4) is 22.9 Å². The Morgan fingerprint density at radius 1 is 1.16 bits per heavy atom. The van der Waals surface area contributed by atoms with Gasteiger partial charge in [0.1, 0.15) is 11.5 Å². The summed E-state index contributed by atoms with van der Waals surface area (Å²) in [4.78, 5) is 20.5. The van der Waals surface area contributed by atoms with Crippen molar-refractivity contribution in [2.24, 2.45) is 0 Å². The molecule has 0 saturated heterocycles. The van der Waals surface area contributed by atoms with Gasteiger partial charge in [-0.15, -0.1) is 0 Å². The highest BCUT2D eigenvalue weighted by Crippen LogP contribution is 2.24. The minimum Gasteiger partial charge on any atom is -0.497 e. The molecular formula is C17H16N4O4. The molecule has 0 unspecified atom stereocenters. The first-order chi connectivity index (χ1) is 12.2. The van der Waals surface area contributed by atoms with E-state index in [4.69, 9.17) is 14.0 Å².